The van der Waals surface area contributed by atoms with Gasteiger partial charge < -0.3 is 20.1 Å². The smallest absolute Gasteiger partial charge is 0.462 e. The summed E-state index contributed by atoms with van der Waals surface area (Å²) in [5.41, 5.74) is 5.42. The molecular formula is C85H170NO8P. The van der Waals surface area contributed by atoms with E-state index in [4.69, 9.17) is 24.3 Å². The van der Waals surface area contributed by atoms with Crippen LogP contribution in [0.5, 0.6) is 0 Å². The number of phosphoric acid groups is 1. The van der Waals surface area contributed by atoms with Crippen molar-refractivity contribution in [3.8, 4) is 0 Å². The SMILES string of the molecule is CCCCCCCCCCCCCCCCCCCCCCCCCCCCCCCCCCCCCCCCCC(=O)OC(COC(=O)CCCCCCCCCCCCCCCCCCCCCCCCCCCCCCCCCCCCC)COP(=O)(O)OCCN. The van der Waals surface area contributed by atoms with Crippen molar-refractivity contribution in [1.29, 1.82) is 0 Å². The van der Waals surface area contributed by atoms with Crippen LogP contribution in [0.4, 0.5) is 0 Å². The van der Waals surface area contributed by atoms with Gasteiger partial charge in [-0.3, -0.25) is 18.6 Å². The van der Waals surface area contributed by atoms with E-state index in [1.165, 1.54) is 437 Å². The van der Waals surface area contributed by atoms with Gasteiger partial charge in [-0.15, -0.1) is 0 Å². The number of phosphoric ester groups is 1. The summed E-state index contributed by atoms with van der Waals surface area (Å²) in [5, 5.41) is 0. The van der Waals surface area contributed by atoms with Crippen molar-refractivity contribution in [3.05, 3.63) is 0 Å². The van der Waals surface area contributed by atoms with Gasteiger partial charge in [0.1, 0.15) is 6.61 Å². The van der Waals surface area contributed by atoms with Crippen LogP contribution in [-0.4, -0.2) is 49.3 Å². The van der Waals surface area contributed by atoms with Gasteiger partial charge in [0.2, 0.25) is 0 Å². The summed E-state index contributed by atoms with van der Waals surface area (Å²) >= 11 is 0. The van der Waals surface area contributed by atoms with E-state index in [-0.39, 0.29) is 32.1 Å². The molecule has 2 unspecified atom stereocenters. The Morgan fingerprint density at radius 3 is 0.642 bits per heavy atom. The maximum Gasteiger partial charge on any atom is 0.472 e. The molecule has 0 radical (unpaired) electrons. The van der Waals surface area contributed by atoms with Gasteiger partial charge in [0, 0.05) is 19.4 Å². The molecule has 0 aromatic carbocycles. The van der Waals surface area contributed by atoms with Gasteiger partial charge >= 0.3 is 19.8 Å². The fraction of sp³-hybridized carbons (Fsp3) is 0.976. The average molecular weight is 1370 g/mol. The third-order valence-corrected chi connectivity index (χ3v) is 21.5. The van der Waals surface area contributed by atoms with Crippen LogP contribution in [0.2, 0.25) is 0 Å². The van der Waals surface area contributed by atoms with Crippen molar-refractivity contribution in [3.63, 3.8) is 0 Å². The minimum Gasteiger partial charge on any atom is -0.462 e. The molecule has 95 heavy (non-hydrogen) atoms. The molecule has 0 spiro atoms. The number of hydrogen-bond acceptors (Lipinski definition) is 8. The predicted octanol–water partition coefficient (Wildman–Crippen LogP) is 29.2. The number of hydrogen-bond donors (Lipinski definition) is 2. The highest BCUT2D eigenvalue weighted by molar-refractivity contribution is 7.47. The van der Waals surface area contributed by atoms with Crippen LogP contribution in [0.15, 0.2) is 0 Å². The molecule has 0 aliphatic carbocycles. The van der Waals surface area contributed by atoms with Crippen molar-refractivity contribution in [2.75, 3.05) is 26.4 Å². The highest BCUT2D eigenvalue weighted by Gasteiger charge is 2.26. The number of ether oxygens (including phenoxy) is 2. The highest BCUT2D eigenvalue weighted by atomic mass is 31.2. The van der Waals surface area contributed by atoms with Gasteiger partial charge in [-0.25, -0.2) is 4.57 Å². The molecule has 10 heteroatoms. The summed E-state index contributed by atoms with van der Waals surface area (Å²) in [6.45, 7) is 3.87. The van der Waals surface area contributed by atoms with Gasteiger partial charge in [-0.2, -0.15) is 0 Å². The van der Waals surface area contributed by atoms with E-state index in [2.05, 4.69) is 13.8 Å². The molecule has 0 amide bonds. The zero-order chi connectivity index (χ0) is 68.6. The van der Waals surface area contributed by atoms with Crippen molar-refractivity contribution in [2.24, 2.45) is 5.73 Å². The first-order valence-corrected chi connectivity index (χ1v) is 45.0. The summed E-state index contributed by atoms with van der Waals surface area (Å²) in [7, 11) is -4.39. The first-order chi connectivity index (χ1) is 46.8. The van der Waals surface area contributed by atoms with E-state index < -0.39 is 26.5 Å². The lowest BCUT2D eigenvalue weighted by Crippen LogP contribution is -2.29. The average Bonchev–Trinajstić information content (AvgIpc) is 3.16. The molecule has 568 valence electrons. The summed E-state index contributed by atoms with van der Waals surface area (Å²) in [4.78, 5) is 35.5. The molecule has 0 fully saturated rings. The second-order valence-electron chi connectivity index (χ2n) is 30.1. The Morgan fingerprint density at radius 1 is 0.274 bits per heavy atom. The van der Waals surface area contributed by atoms with E-state index in [0.717, 1.165) is 32.1 Å². The standard InChI is InChI=1S/C85H170NO8P/c1-3-5-7-9-11-13-15-17-19-21-23-25-27-29-31-33-35-37-39-40-41-42-44-46-48-50-52-54-56-58-60-62-64-66-68-70-72-74-76-78-85(88)94-83(82-93-95(89,90)92-80-79-86)81-91-84(87)77-75-73-71-69-67-65-63-61-59-57-55-53-51-49-47-45-43-38-36-34-32-30-28-26-24-22-20-18-16-14-12-10-8-6-4-2/h83H,3-82,86H2,1-2H3,(H,89,90). The number of carbonyl (C=O) groups excluding carboxylic acids is 2. The fourth-order valence-corrected chi connectivity index (χ4v) is 14.8. The Balaban J connectivity index is 3.68. The molecule has 0 aliphatic heterocycles. The summed E-state index contributed by atoms with van der Waals surface area (Å²) < 4.78 is 33.3. The van der Waals surface area contributed by atoms with Crippen LogP contribution in [0, 0.1) is 0 Å². The number of esters is 2. The Morgan fingerprint density at radius 2 is 0.453 bits per heavy atom. The zero-order valence-corrected chi connectivity index (χ0v) is 65.4. The van der Waals surface area contributed by atoms with Crippen molar-refractivity contribution in [2.45, 2.75) is 508 Å². The first kappa shape index (κ1) is 94.0. The van der Waals surface area contributed by atoms with Gasteiger partial charge in [-0.1, -0.05) is 476 Å². The van der Waals surface area contributed by atoms with Crippen LogP contribution in [-0.2, 0) is 32.7 Å². The van der Waals surface area contributed by atoms with Crippen molar-refractivity contribution in [1.82, 2.24) is 0 Å². The zero-order valence-electron chi connectivity index (χ0n) is 64.5. The summed E-state index contributed by atoms with van der Waals surface area (Å²) in [6, 6.07) is 0. The molecule has 9 nitrogen and oxygen atoms in total. The fourth-order valence-electron chi connectivity index (χ4n) is 14.1. The molecule has 0 bridgehead atoms. The summed E-state index contributed by atoms with van der Waals surface area (Å²) in [6.07, 6.45) is 102. The molecule has 0 aromatic rings. The molecule has 0 saturated heterocycles. The Hall–Kier alpha value is -0.990. The van der Waals surface area contributed by atoms with Crippen LogP contribution in [0.3, 0.4) is 0 Å². The molecule has 0 heterocycles. The molecule has 0 saturated carbocycles. The van der Waals surface area contributed by atoms with Crippen LogP contribution < -0.4 is 5.73 Å². The Bertz CT molecular complexity index is 1520. The largest absolute Gasteiger partial charge is 0.472 e. The van der Waals surface area contributed by atoms with Crippen LogP contribution >= 0.6 is 7.82 Å². The number of carbonyl (C=O) groups is 2. The minimum absolute atomic E-state index is 0.0590. The molecular weight excluding hydrogens is 1190 g/mol. The lowest BCUT2D eigenvalue weighted by molar-refractivity contribution is -0.161. The molecule has 3 N–H and O–H groups in total. The maximum atomic E-state index is 12.8. The topological polar surface area (TPSA) is 134 Å². The molecule has 2 atom stereocenters. The van der Waals surface area contributed by atoms with Crippen LogP contribution in [0.25, 0.3) is 0 Å². The maximum absolute atomic E-state index is 12.8. The number of unbranched alkanes of at least 4 members (excludes halogenated alkanes) is 72. The van der Waals surface area contributed by atoms with E-state index in [1.54, 1.807) is 0 Å². The van der Waals surface area contributed by atoms with Gasteiger partial charge in [-0.05, 0) is 12.8 Å². The first-order valence-electron chi connectivity index (χ1n) is 43.5. The van der Waals surface area contributed by atoms with Gasteiger partial charge in [0.25, 0.3) is 0 Å². The normalized spacial score (nSPS) is 12.7. The second-order valence-corrected chi connectivity index (χ2v) is 31.6. The molecule has 0 rings (SSSR count). The van der Waals surface area contributed by atoms with E-state index in [0.29, 0.717) is 12.8 Å². The number of rotatable bonds is 85. The summed E-state index contributed by atoms with van der Waals surface area (Å²) in [5.74, 6) is -0.792. The Labute approximate surface area is 594 Å². The minimum atomic E-state index is -4.39. The quantitative estimate of drug-likeness (QED) is 0.0347. The van der Waals surface area contributed by atoms with Gasteiger partial charge in [0.05, 0.1) is 13.2 Å². The third-order valence-electron chi connectivity index (χ3n) is 20.5. The second kappa shape index (κ2) is 82.0. The number of nitrogens with two attached hydrogens (primary N) is 1. The van der Waals surface area contributed by atoms with Crippen molar-refractivity contribution < 1.29 is 37.6 Å². The highest BCUT2D eigenvalue weighted by Crippen LogP contribution is 2.43. The molecule has 0 aromatic heterocycles. The lowest BCUT2D eigenvalue weighted by atomic mass is 10.0. The van der Waals surface area contributed by atoms with E-state index in [9.17, 15) is 19.0 Å². The van der Waals surface area contributed by atoms with E-state index in [1.807, 2.05) is 0 Å². The predicted molar refractivity (Wildman–Crippen MR) is 414 cm³/mol. The monoisotopic (exact) mass is 1360 g/mol. The van der Waals surface area contributed by atoms with Crippen LogP contribution in [0.1, 0.15) is 502 Å². The molecule has 0 aliphatic rings. The Kier molecular flexibility index (Phi) is 81.1. The van der Waals surface area contributed by atoms with Gasteiger partial charge in [0.15, 0.2) is 6.10 Å². The lowest BCUT2D eigenvalue weighted by Gasteiger charge is -2.19. The third kappa shape index (κ3) is 81.9. The van der Waals surface area contributed by atoms with Crippen molar-refractivity contribution >= 4 is 19.8 Å². The van der Waals surface area contributed by atoms with E-state index >= 15 is 0 Å².